The van der Waals surface area contributed by atoms with E-state index < -0.39 is 10.0 Å². The van der Waals surface area contributed by atoms with Gasteiger partial charge in [-0.15, -0.1) is 0 Å². The Bertz CT molecular complexity index is 1050. The summed E-state index contributed by atoms with van der Waals surface area (Å²) >= 11 is 6.11. The number of aryl methyl sites for hydroxylation is 2. The van der Waals surface area contributed by atoms with Crippen LogP contribution in [-0.4, -0.2) is 18.4 Å². The molecule has 23 heavy (non-hydrogen) atoms. The Labute approximate surface area is 137 Å². The topological polar surface area (TPSA) is 94.8 Å². The van der Waals surface area contributed by atoms with Crippen LogP contribution >= 0.6 is 11.6 Å². The molecule has 3 aromatic rings. The molecule has 2 aromatic carbocycles. The first kappa shape index (κ1) is 15.6. The van der Waals surface area contributed by atoms with Gasteiger partial charge in [0.15, 0.2) is 0 Å². The van der Waals surface area contributed by atoms with Crippen LogP contribution < -0.4 is 10.4 Å². The molecular weight excluding hydrogens is 338 g/mol. The molecule has 0 bridgehead atoms. The number of rotatable bonds is 3. The molecule has 0 aliphatic rings. The van der Waals surface area contributed by atoms with E-state index in [1.54, 1.807) is 12.1 Å². The van der Waals surface area contributed by atoms with Crippen molar-refractivity contribution in [2.24, 2.45) is 0 Å². The van der Waals surface area contributed by atoms with Gasteiger partial charge in [-0.2, -0.15) is 0 Å². The summed E-state index contributed by atoms with van der Waals surface area (Å²) in [6.45, 7) is 3.66. The maximum absolute atomic E-state index is 12.6. The number of nitrogens with one attached hydrogen (secondary N) is 3. The molecule has 0 aliphatic carbocycles. The van der Waals surface area contributed by atoms with Crippen molar-refractivity contribution < 1.29 is 8.42 Å². The number of aromatic nitrogens is 2. The lowest BCUT2D eigenvalue weighted by Gasteiger charge is -2.11. The minimum absolute atomic E-state index is 0.161. The number of aromatic amines is 2. The van der Waals surface area contributed by atoms with Gasteiger partial charge in [0.25, 0.3) is 10.0 Å². The van der Waals surface area contributed by atoms with Crippen LogP contribution in [0.15, 0.2) is 40.0 Å². The largest absolute Gasteiger partial charge is 0.323 e. The minimum Gasteiger partial charge on any atom is -0.306 e. The molecule has 0 atom stereocenters. The van der Waals surface area contributed by atoms with Crippen molar-refractivity contribution in [1.82, 2.24) is 9.97 Å². The van der Waals surface area contributed by atoms with Crippen molar-refractivity contribution in [3.8, 4) is 0 Å². The van der Waals surface area contributed by atoms with E-state index in [1.165, 1.54) is 12.1 Å². The lowest BCUT2D eigenvalue weighted by molar-refractivity contribution is 0.601. The van der Waals surface area contributed by atoms with Crippen LogP contribution in [0.1, 0.15) is 11.1 Å². The lowest BCUT2D eigenvalue weighted by Crippen LogP contribution is -2.13. The van der Waals surface area contributed by atoms with Crippen LogP contribution in [0.25, 0.3) is 11.0 Å². The van der Waals surface area contributed by atoms with Crippen LogP contribution in [0.2, 0.25) is 5.02 Å². The number of anilines is 1. The van der Waals surface area contributed by atoms with Gasteiger partial charge in [-0.1, -0.05) is 17.7 Å². The smallest absolute Gasteiger partial charge is 0.306 e. The predicted octanol–water partition coefficient (Wildman–Crippen LogP) is 2.93. The van der Waals surface area contributed by atoms with Crippen molar-refractivity contribution >= 4 is 38.3 Å². The van der Waals surface area contributed by atoms with Gasteiger partial charge in [0.05, 0.1) is 26.6 Å². The molecular formula is C15H14ClN3O3S. The third-order valence-corrected chi connectivity index (χ3v) is 5.01. The van der Waals surface area contributed by atoms with Crippen molar-refractivity contribution in [2.75, 3.05) is 4.72 Å². The summed E-state index contributed by atoms with van der Waals surface area (Å²) in [4.78, 5) is 16.6. The summed E-state index contributed by atoms with van der Waals surface area (Å²) in [6, 6.07) is 8.03. The Morgan fingerprint density at radius 2 is 1.52 bits per heavy atom. The third kappa shape index (κ3) is 3.11. The van der Waals surface area contributed by atoms with Crippen molar-refractivity contribution in [3.63, 3.8) is 0 Å². The standard InChI is InChI=1S/C15H14ClN3O3S/c1-8-3-9(2)5-10(4-8)23(21,22)19-12-7-14-13(6-11(12)16)17-15(20)18-14/h3-7,19H,1-2H3,(H2,17,18,20). The number of hydrogen-bond acceptors (Lipinski definition) is 3. The molecule has 120 valence electrons. The van der Waals surface area contributed by atoms with Gasteiger partial charge in [0.1, 0.15) is 0 Å². The molecule has 0 amide bonds. The molecule has 0 fully saturated rings. The Morgan fingerprint density at radius 1 is 0.957 bits per heavy atom. The zero-order valence-corrected chi connectivity index (χ0v) is 14.0. The van der Waals surface area contributed by atoms with E-state index in [4.69, 9.17) is 11.6 Å². The van der Waals surface area contributed by atoms with E-state index in [1.807, 2.05) is 19.9 Å². The molecule has 0 spiro atoms. The fourth-order valence-corrected chi connectivity index (χ4v) is 3.95. The van der Waals surface area contributed by atoms with E-state index in [0.29, 0.717) is 11.0 Å². The molecule has 0 saturated heterocycles. The summed E-state index contributed by atoms with van der Waals surface area (Å²) in [5.41, 5.74) is 2.50. The maximum Gasteiger partial charge on any atom is 0.323 e. The molecule has 0 unspecified atom stereocenters. The van der Waals surface area contributed by atoms with Crippen LogP contribution in [0.5, 0.6) is 0 Å². The Balaban J connectivity index is 2.06. The van der Waals surface area contributed by atoms with E-state index in [-0.39, 0.29) is 21.3 Å². The normalized spacial score (nSPS) is 11.8. The maximum atomic E-state index is 12.6. The predicted molar refractivity (Wildman–Crippen MR) is 90.7 cm³/mol. The zero-order chi connectivity index (χ0) is 16.8. The number of benzene rings is 2. The average molecular weight is 352 g/mol. The number of sulfonamides is 1. The molecule has 1 heterocycles. The van der Waals surface area contributed by atoms with Gasteiger partial charge < -0.3 is 9.97 Å². The van der Waals surface area contributed by atoms with Gasteiger partial charge in [0.2, 0.25) is 0 Å². The summed E-state index contributed by atoms with van der Waals surface area (Å²) in [5.74, 6) is 0. The molecule has 8 heteroatoms. The van der Waals surface area contributed by atoms with E-state index in [2.05, 4.69) is 14.7 Å². The second kappa shape index (κ2) is 5.43. The first-order chi connectivity index (χ1) is 10.7. The molecule has 1 aromatic heterocycles. The minimum atomic E-state index is -3.78. The second-order valence-corrected chi connectivity index (χ2v) is 7.48. The highest BCUT2D eigenvalue weighted by atomic mass is 35.5. The fraction of sp³-hybridized carbons (Fsp3) is 0.133. The first-order valence-corrected chi connectivity index (χ1v) is 8.63. The summed E-state index contributed by atoms with van der Waals surface area (Å²) in [6.07, 6.45) is 0. The number of imidazole rings is 1. The third-order valence-electron chi connectivity index (χ3n) is 3.35. The highest BCUT2D eigenvalue weighted by Gasteiger charge is 2.17. The summed E-state index contributed by atoms with van der Waals surface area (Å²) < 4.78 is 27.6. The van der Waals surface area contributed by atoms with Crippen LogP contribution in [0.3, 0.4) is 0 Å². The molecule has 3 N–H and O–H groups in total. The molecule has 0 aliphatic heterocycles. The molecule has 3 rings (SSSR count). The van der Waals surface area contributed by atoms with Gasteiger partial charge in [-0.3, -0.25) is 4.72 Å². The van der Waals surface area contributed by atoms with Crippen molar-refractivity contribution in [3.05, 3.63) is 57.0 Å². The Hall–Kier alpha value is -2.25. The first-order valence-electron chi connectivity index (χ1n) is 6.77. The molecule has 6 nitrogen and oxygen atoms in total. The van der Waals surface area contributed by atoms with Gasteiger partial charge in [-0.05, 0) is 49.2 Å². The zero-order valence-electron chi connectivity index (χ0n) is 12.4. The van der Waals surface area contributed by atoms with Crippen molar-refractivity contribution in [2.45, 2.75) is 18.7 Å². The van der Waals surface area contributed by atoms with E-state index in [9.17, 15) is 13.2 Å². The lowest BCUT2D eigenvalue weighted by atomic mass is 10.2. The van der Waals surface area contributed by atoms with E-state index >= 15 is 0 Å². The Morgan fingerprint density at radius 3 is 2.13 bits per heavy atom. The molecule has 0 saturated carbocycles. The van der Waals surface area contributed by atoms with Crippen LogP contribution in [-0.2, 0) is 10.0 Å². The fourth-order valence-electron chi connectivity index (χ4n) is 2.43. The quantitative estimate of drug-likeness (QED) is 0.677. The van der Waals surface area contributed by atoms with Gasteiger partial charge in [-0.25, -0.2) is 13.2 Å². The summed E-state index contributed by atoms with van der Waals surface area (Å²) in [7, 11) is -3.78. The van der Waals surface area contributed by atoms with Crippen LogP contribution in [0, 0.1) is 13.8 Å². The van der Waals surface area contributed by atoms with E-state index in [0.717, 1.165) is 11.1 Å². The number of H-pyrrole nitrogens is 2. The SMILES string of the molecule is Cc1cc(C)cc(S(=O)(=O)Nc2cc3[nH]c(=O)[nH]c3cc2Cl)c1. The molecule has 0 radical (unpaired) electrons. The second-order valence-electron chi connectivity index (χ2n) is 5.39. The average Bonchev–Trinajstić information content (AvgIpc) is 2.77. The number of fused-ring (bicyclic) bond motifs is 1. The van der Waals surface area contributed by atoms with Crippen molar-refractivity contribution in [1.29, 1.82) is 0 Å². The summed E-state index contributed by atoms with van der Waals surface area (Å²) in [5, 5.41) is 0.195. The van der Waals surface area contributed by atoms with Gasteiger partial charge in [0, 0.05) is 0 Å². The number of halogens is 1. The monoisotopic (exact) mass is 351 g/mol. The Kier molecular flexibility index (Phi) is 3.69. The van der Waals surface area contributed by atoms with Gasteiger partial charge >= 0.3 is 5.69 Å². The highest BCUT2D eigenvalue weighted by molar-refractivity contribution is 7.92. The highest BCUT2D eigenvalue weighted by Crippen LogP contribution is 2.28. The number of hydrogen-bond donors (Lipinski definition) is 3. The van der Waals surface area contributed by atoms with Crippen LogP contribution in [0.4, 0.5) is 5.69 Å².